The molecule has 23 heavy (non-hydrogen) atoms. The molecule has 0 spiro atoms. The summed E-state index contributed by atoms with van der Waals surface area (Å²) in [6, 6.07) is 8.52. The maximum absolute atomic E-state index is 12.4. The van der Waals surface area contributed by atoms with Crippen LogP contribution in [0.4, 0.5) is 0 Å². The fraction of sp³-hybridized carbons (Fsp3) is 0.474. The van der Waals surface area contributed by atoms with Crippen LogP contribution < -0.4 is 0 Å². The number of benzene rings is 1. The zero-order chi connectivity index (χ0) is 16.2. The first-order chi connectivity index (χ1) is 11.2. The van der Waals surface area contributed by atoms with Crippen molar-refractivity contribution in [3.63, 3.8) is 0 Å². The molecule has 4 nitrogen and oxygen atoms in total. The van der Waals surface area contributed by atoms with Gasteiger partial charge in [0.05, 0.1) is 17.9 Å². The molecule has 4 heteroatoms. The maximum atomic E-state index is 12.4. The van der Waals surface area contributed by atoms with E-state index in [9.17, 15) is 4.79 Å². The molecule has 0 saturated carbocycles. The number of aromatic amines is 1. The Morgan fingerprint density at radius 2 is 2.09 bits per heavy atom. The molecule has 0 aliphatic carbocycles. The smallest absolute Gasteiger partial charge is 0.223 e. The second-order valence-corrected chi connectivity index (χ2v) is 6.40. The van der Waals surface area contributed by atoms with Crippen LogP contribution in [0.2, 0.25) is 0 Å². The van der Waals surface area contributed by atoms with Gasteiger partial charge < -0.3 is 9.88 Å². The molecule has 1 saturated heterocycles. The Hall–Kier alpha value is -2.10. The van der Waals surface area contributed by atoms with E-state index in [1.165, 1.54) is 5.56 Å². The van der Waals surface area contributed by atoms with Crippen molar-refractivity contribution in [2.45, 2.75) is 52.0 Å². The summed E-state index contributed by atoms with van der Waals surface area (Å²) < 4.78 is 0. The highest BCUT2D eigenvalue weighted by atomic mass is 16.2. The Bertz CT molecular complexity index is 660. The Kier molecular flexibility index (Phi) is 4.79. The molecule has 2 aromatic rings. The number of aryl methyl sites for hydroxylation is 1. The zero-order valence-corrected chi connectivity index (χ0v) is 14.0. The number of nitrogens with one attached hydrogen (secondary N) is 1. The summed E-state index contributed by atoms with van der Waals surface area (Å²) in [5.41, 5.74) is 3.40. The van der Waals surface area contributed by atoms with Crippen LogP contribution in [0.1, 0.15) is 56.5 Å². The Balaban J connectivity index is 1.82. The first-order valence-electron chi connectivity index (χ1n) is 8.60. The molecule has 1 fully saturated rings. The highest BCUT2D eigenvalue weighted by Crippen LogP contribution is 2.31. The third kappa shape index (κ3) is 3.46. The molecular formula is C19H25N3O. The largest absolute Gasteiger partial charge is 0.340 e. The van der Waals surface area contributed by atoms with Crippen LogP contribution in [-0.4, -0.2) is 27.3 Å². The molecule has 1 aromatic carbocycles. The topological polar surface area (TPSA) is 49.0 Å². The van der Waals surface area contributed by atoms with Crippen molar-refractivity contribution in [2.75, 3.05) is 6.54 Å². The van der Waals surface area contributed by atoms with Gasteiger partial charge in [0.25, 0.3) is 0 Å². The molecule has 1 aliphatic heterocycles. The number of rotatable bonds is 4. The van der Waals surface area contributed by atoms with Gasteiger partial charge in [0.1, 0.15) is 5.82 Å². The van der Waals surface area contributed by atoms with E-state index in [2.05, 4.69) is 48.1 Å². The van der Waals surface area contributed by atoms with E-state index < -0.39 is 0 Å². The van der Waals surface area contributed by atoms with Crippen LogP contribution in [-0.2, 0) is 4.79 Å². The van der Waals surface area contributed by atoms with Crippen molar-refractivity contribution in [1.82, 2.24) is 14.9 Å². The Morgan fingerprint density at radius 3 is 2.83 bits per heavy atom. The number of aromatic nitrogens is 2. The van der Waals surface area contributed by atoms with E-state index in [1.54, 1.807) is 0 Å². The van der Waals surface area contributed by atoms with Crippen molar-refractivity contribution < 1.29 is 4.79 Å². The minimum atomic E-state index is 0.0991. The van der Waals surface area contributed by atoms with Gasteiger partial charge in [-0.05, 0) is 38.2 Å². The quantitative estimate of drug-likeness (QED) is 0.918. The SMILES string of the molecule is CCCC(=O)N1CCCCC1c1ncc(-c2ccc(C)cc2)[nH]1. The lowest BCUT2D eigenvalue weighted by Crippen LogP contribution is -2.38. The highest BCUT2D eigenvalue weighted by molar-refractivity contribution is 5.76. The number of imidazole rings is 1. The van der Waals surface area contributed by atoms with Crippen molar-refractivity contribution in [2.24, 2.45) is 0 Å². The summed E-state index contributed by atoms with van der Waals surface area (Å²) >= 11 is 0. The summed E-state index contributed by atoms with van der Waals surface area (Å²) in [4.78, 5) is 22.4. The molecule has 1 N–H and O–H groups in total. The minimum absolute atomic E-state index is 0.0991. The summed E-state index contributed by atoms with van der Waals surface area (Å²) in [6.45, 7) is 4.99. The number of carbonyl (C=O) groups excluding carboxylic acids is 1. The number of carbonyl (C=O) groups is 1. The highest BCUT2D eigenvalue weighted by Gasteiger charge is 2.29. The van der Waals surface area contributed by atoms with E-state index in [0.717, 1.165) is 49.3 Å². The fourth-order valence-corrected chi connectivity index (χ4v) is 3.26. The lowest BCUT2D eigenvalue weighted by Gasteiger charge is -2.34. The predicted octanol–water partition coefficient (Wildman–Crippen LogP) is 4.24. The standard InChI is InChI=1S/C19H25N3O/c1-3-6-18(23)22-12-5-4-7-17(22)19-20-13-16(21-19)15-10-8-14(2)9-11-15/h8-11,13,17H,3-7,12H2,1-2H3,(H,20,21). The van der Waals surface area contributed by atoms with E-state index in [4.69, 9.17) is 0 Å². The van der Waals surface area contributed by atoms with Crippen molar-refractivity contribution in [1.29, 1.82) is 0 Å². The number of nitrogens with zero attached hydrogens (tertiary/aromatic N) is 2. The molecule has 1 aromatic heterocycles. The summed E-state index contributed by atoms with van der Waals surface area (Å²) in [7, 11) is 0. The van der Waals surface area contributed by atoms with Crippen LogP contribution in [0.3, 0.4) is 0 Å². The number of likely N-dealkylation sites (tertiary alicyclic amines) is 1. The van der Waals surface area contributed by atoms with E-state index in [1.807, 2.05) is 11.1 Å². The lowest BCUT2D eigenvalue weighted by atomic mass is 10.0. The van der Waals surface area contributed by atoms with Crippen molar-refractivity contribution in [3.05, 3.63) is 41.9 Å². The van der Waals surface area contributed by atoms with Crippen molar-refractivity contribution >= 4 is 5.91 Å². The fourth-order valence-electron chi connectivity index (χ4n) is 3.26. The first-order valence-corrected chi connectivity index (χ1v) is 8.60. The van der Waals surface area contributed by atoms with E-state index >= 15 is 0 Å². The van der Waals surface area contributed by atoms with Crippen molar-refractivity contribution in [3.8, 4) is 11.3 Å². The normalized spacial score (nSPS) is 18.2. The number of H-pyrrole nitrogens is 1. The van der Waals surface area contributed by atoms with Crippen LogP contribution in [0.25, 0.3) is 11.3 Å². The number of piperidine rings is 1. The van der Waals surface area contributed by atoms with E-state index in [0.29, 0.717) is 6.42 Å². The van der Waals surface area contributed by atoms with Gasteiger partial charge in [0.15, 0.2) is 0 Å². The monoisotopic (exact) mass is 311 g/mol. The number of hydrogen-bond acceptors (Lipinski definition) is 2. The van der Waals surface area contributed by atoms with Crippen LogP contribution in [0.15, 0.2) is 30.5 Å². The van der Waals surface area contributed by atoms with Gasteiger partial charge in [0.2, 0.25) is 5.91 Å². The Morgan fingerprint density at radius 1 is 1.30 bits per heavy atom. The zero-order valence-electron chi connectivity index (χ0n) is 14.0. The third-order valence-corrected chi connectivity index (χ3v) is 4.56. The maximum Gasteiger partial charge on any atom is 0.223 e. The average molecular weight is 311 g/mol. The van der Waals surface area contributed by atoms with E-state index in [-0.39, 0.29) is 11.9 Å². The van der Waals surface area contributed by atoms with Gasteiger partial charge in [-0.15, -0.1) is 0 Å². The second-order valence-electron chi connectivity index (χ2n) is 6.40. The molecule has 2 heterocycles. The lowest BCUT2D eigenvalue weighted by molar-refractivity contribution is -0.135. The predicted molar refractivity (Wildman–Crippen MR) is 92.0 cm³/mol. The van der Waals surface area contributed by atoms with Gasteiger partial charge in [-0.25, -0.2) is 4.98 Å². The minimum Gasteiger partial charge on any atom is -0.340 e. The number of amides is 1. The molecule has 1 atom stereocenters. The van der Waals surface area contributed by atoms with Gasteiger partial charge in [-0.3, -0.25) is 4.79 Å². The number of hydrogen-bond donors (Lipinski definition) is 1. The first kappa shape index (κ1) is 15.8. The van der Waals surface area contributed by atoms with Gasteiger partial charge in [-0.1, -0.05) is 36.8 Å². The van der Waals surface area contributed by atoms with Gasteiger partial charge in [-0.2, -0.15) is 0 Å². The third-order valence-electron chi connectivity index (χ3n) is 4.56. The molecule has 1 aliphatic rings. The molecule has 1 amide bonds. The molecule has 0 bridgehead atoms. The second kappa shape index (κ2) is 6.99. The summed E-state index contributed by atoms with van der Waals surface area (Å²) in [5, 5.41) is 0. The summed E-state index contributed by atoms with van der Waals surface area (Å²) in [5.74, 6) is 1.18. The van der Waals surface area contributed by atoms with Gasteiger partial charge in [0, 0.05) is 13.0 Å². The Labute approximate surface area is 137 Å². The van der Waals surface area contributed by atoms with Crippen LogP contribution >= 0.6 is 0 Å². The molecular weight excluding hydrogens is 286 g/mol. The van der Waals surface area contributed by atoms with Crippen LogP contribution in [0.5, 0.6) is 0 Å². The molecule has 122 valence electrons. The van der Waals surface area contributed by atoms with Crippen LogP contribution in [0, 0.1) is 6.92 Å². The van der Waals surface area contributed by atoms with Gasteiger partial charge >= 0.3 is 0 Å². The summed E-state index contributed by atoms with van der Waals surface area (Å²) in [6.07, 6.45) is 6.66. The molecule has 3 rings (SSSR count). The molecule has 0 radical (unpaired) electrons. The average Bonchev–Trinajstić information content (AvgIpc) is 3.05. The molecule has 1 unspecified atom stereocenters.